The van der Waals surface area contributed by atoms with Gasteiger partial charge in [0.05, 0.1) is 4.92 Å². The van der Waals surface area contributed by atoms with Crippen molar-refractivity contribution in [2.45, 2.75) is 20.8 Å². The first kappa shape index (κ1) is 19.1. The second kappa shape index (κ2) is 7.77. The Balaban J connectivity index is 2.02. The molecule has 0 aliphatic rings. The third-order valence-corrected chi connectivity index (χ3v) is 3.66. The highest BCUT2D eigenvalue weighted by molar-refractivity contribution is 6.07. The van der Waals surface area contributed by atoms with Crippen molar-refractivity contribution in [3.63, 3.8) is 0 Å². The van der Waals surface area contributed by atoms with Crippen LogP contribution >= 0.6 is 0 Å². The van der Waals surface area contributed by atoms with E-state index in [9.17, 15) is 19.7 Å². The summed E-state index contributed by atoms with van der Waals surface area (Å²) in [5, 5.41) is 13.6. The van der Waals surface area contributed by atoms with Crippen LogP contribution in [0, 0.1) is 15.5 Å². The number of Topliss-reactive ketones (excluding diaryl/α,β-unsaturated/α-hetero) is 1. The lowest BCUT2D eigenvalue weighted by molar-refractivity contribution is -0.385. The second-order valence-corrected chi connectivity index (χ2v) is 6.71. The molecule has 0 aliphatic heterocycles. The van der Waals surface area contributed by atoms with Crippen molar-refractivity contribution < 1.29 is 19.2 Å². The second-order valence-electron chi connectivity index (χ2n) is 6.71. The first-order valence-corrected chi connectivity index (χ1v) is 7.99. The van der Waals surface area contributed by atoms with Gasteiger partial charge in [-0.1, -0.05) is 32.9 Å². The van der Waals surface area contributed by atoms with Gasteiger partial charge in [0, 0.05) is 17.2 Å². The number of para-hydroxylation sites is 1. The topological polar surface area (TPSA) is 98.5 Å². The highest BCUT2D eigenvalue weighted by Gasteiger charge is 2.22. The molecule has 2 rings (SSSR count). The zero-order valence-electron chi connectivity index (χ0n) is 14.8. The fraction of sp³-hybridized carbons (Fsp3) is 0.263. The molecule has 7 heteroatoms. The number of nitro groups is 1. The summed E-state index contributed by atoms with van der Waals surface area (Å²) in [6.45, 7) is 5.42. The molecule has 0 saturated heterocycles. The quantitative estimate of drug-likeness (QED) is 0.626. The Bertz CT molecular complexity index is 823. The Labute approximate surface area is 151 Å². The summed E-state index contributed by atoms with van der Waals surface area (Å²) >= 11 is 0. The Morgan fingerprint density at radius 2 is 1.69 bits per heavy atom. The molecule has 0 unspecified atom stereocenters. The Morgan fingerprint density at radius 1 is 1.08 bits per heavy atom. The molecule has 1 amide bonds. The maximum Gasteiger partial charge on any atom is 0.282 e. The van der Waals surface area contributed by atoms with Crippen molar-refractivity contribution in [3.8, 4) is 5.75 Å². The lowest BCUT2D eigenvalue weighted by Gasteiger charge is -2.16. The minimum atomic E-state index is -0.599. The van der Waals surface area contributed by atoms with Gasteiger partial charge in [0.2, 0.25) is 0 Å². The van der Waals surface area contributed by atoms with Crippen LogP contribution in [0.2, 0.25) is 0 Å². The molecule has 2 aromatic carbocycles. The fourth-order valence-corrected chi connectivity index (χ4v) is 2.02. The number of anilines is 1. The number of nitrogens with one attached hydrogen (secondary N) is 1. The molecule has 0 aromatic heterocycles. The number of carbonyl (C=O) groups excluding carboxylic acids is 2. The monoisotopic (exact) mass is 356 g/mol. The van der Waals surface area contributed by atoms with E-state index in [1.54, 1.807) is 30.3 Å². The third kappa shape index (κ3) is 4.89. The van der Waals surface area contributed by atoms with Gasteiger partial charge < -0.3 is 10.1 Å². The van der Waals surface area contributed by atoms with Gasteiger partial charge in [0.15, 0.2) is 5.78 Å². The van der Waals surface area contributed by atoms with Crippen LogP contribution < -0.4 is 10.1 Å². The predicted molar refractivity (Wildman–Crippen MR) is 97.4 cm³/mol. The SMILES string of the molecule is CC(C)(C)C(=O)COc1ccc(NC(=O)c2ccccc2[N+](=O)[O-])cc1. The van der Waals surface area contributed by atoms with Gasteiger partial charge in [-0.3, -0.25) is 19.7 Å². The van der Waals surface area contributed by atoms with Gasteiger partial charge in [0.1, 0.15) is 17.9 Å². The lowest BCUT2D eigenvalue weighted by Crippen LogP contribution is -2.26. The molecule has 7 nitrogen and oxygen atoms in total. The standard InChI is InChI=1S/C19H20N2O5/c1-19(2,3)17(22)12-26-14-10-8-13(9-11-14)20-18(23)15-6-4-5-7-16(15)21(24)25/h4-11H,12H2,1-3H3,(H,20,23). The van der Waals surface area contributed by atoms with Crippen LogP contribution in [0.25, 0.3) is 0 Å². The van der Waals surface area contributed by atoms with E-state index in [-0.39, 0.29) is 23.6 Å². The number of hydrogen-bond acceptors (Lipinski definition) is 5. The number of amides is 1. The molecule has 1 N–H and O–H groups in total. The highest BCUT2D eigenvalue weighted by atomic mass is 16.6. The van der Waals surface area contributed by atoms with Crippen molar-refractivity contribution in [2.24, 2.45) is 5.41 Å². The number of rotatable bonds is 6. The maximum atomic E-state index is 12.3. The van der Waals surface area contributed by atoms with Crippen LogP contribution in [0.5, 0.6) is 5.75 Å². The molecule has 0 spiro atoms. The summed E-state index contributed by atoms with van der Waals surface area (Å²) < 4.78 is 5.44. The van der Waals surface area contributed by atoms with Crippen LogP contribution in [0.15, 0.2) is 48.5 Å². The van der Waals surface area contributed by atoms with E-state index in [1.807, 2.05) is 20.8 Å². The maximum absolute atomic E-state index is 12.3. The van der Waals surface area contributed by atoms with Gasteiger partial charge in [-0.05, 0) is 30.3 Å². The zero-order valence-corrected chi connectivity index (χ0v) is 14.8. The van der Waals surface area contributed by atoms with E-state index in [0.717, 1.165) is 0 Å². The zero-order chi connectivity index (χ0) is 19.3. The van der Waals surface area contributed by atoms with E-state index >= 15 is 0 Å². The summed E-state index contributed by atoms with van der Waals surface area (Å²) in [7, 11) is 0. The Kier molecular flexibility index (Phi) is 5.71. The highest BCUT2D eigenvalue weighted by Crippen LogP contribution is 2.21. The molecule has 2 aromatic rings. The van der Waals surface area contributed by atoms with Gasteiger partial charge >= 0.3 is 0 Å². The van der Waals surface area contributed by atoms with Crippen molar-refractivity contribution >= 4 is 23.1 Å². The molecular weight excluding hydrogens is 336 g/mol. The molecule has 0 bridgehead atoms. The Hall–Kier alpha value is -3.22. The van der Waals surface area contributed by atoms with Crippen molar-refractivity contribution in [2.75, 3.05) is 11.9 Å². The molecule has 0 fully saturated rings. The number of ether oxygens (including phenoxy) is 1. The summed E-state index contributed by atoms with van der Waals surface area (Å²) in [4.78, 5) is 34.5. The predicted octanol–water partition coefficient (Wildman–Crippen LogP) is 3.84. The molecule has 0 heterocycles. The van der Waals surface area contributed by atoms with Crippen molar-refractivity contribution in [1.29, 1.82) is 0 Å². The summed E-state index contributed by atoms with van der Waals surface area (Å²) in [6, 6.07) is 12.2. The van der Waals surface area contributed by atoms with Gasteiger partial charge in [-0.25, -0.2) is 0 Å². The van der Waals surface area contributed by atoms with Crippen LogP contribution in [0.3, 0.4) is 0 Å². The summed E-state index contributed by atoms with van der Waals surface area (Å²) in [6.07, 6.45) is 0. The van der Waals surface area contributed by atoms with Gasteiger partial charge in [-0.15, -0.1) is 0 Å². The third-order valence-electron chi connectivity index (χ3n) is 3.66. The normalized spacial score (nSPS) is 10.9. The molecular formula is C19H20N2O5. The first-order chi connectivity index (χ1) is 12.2. The largest absolute Gasteiger partial charge is 0.486 e. The van der Waals surface area contributed by atoms with Crippen LogP contribution in [-0.4, -0.2) is 23.2 Å². The van der Waals surface area contributed by atoms with E-state index in [0.29, 0.717) is 11.4 Å². The Morgan fingerprint density at radius 3 is 2.27 bits per heavy atom. The minimum Gasteiger partial charge on any atom is -0.486 e. The average molecular weight is 356 g/mol. The van der Waals surface area contributed by atoms with Crippen molar-refractivity contribution in [1.82, 2.24) is 0 Å². The molecule has 0 radical (unpaired) electrons. The number of nitro benzene ring substituents is 1. The van der Waals surface area contributed by atoms with Gasteiger partial charge in [-0.2, -0.15) is 0 Å². The van der Waals surface area contributed by atoms with Crippen LogP contribution in [0.1, 0.15) is 31.1 Å². The number of nitrogens with zero attached hydrogens (tertiary/aromatic N) is 1. The van der Waals surface area contributed by atoms with E-state index in [1.165, 1.54) is 18.2 Å². The molecule has 136 valence electrons. The number of hydrogen-bond donors (Lipinski definition) is 1. The minimum absolute atomic E-state index is 0.0198. The average Bonchev–Trinajstić information content (AvgIpc) is 2.60. The van der Waals surface area contributed by atoms with Crippen LogP contribution in [0.4, 0.5) is 11.4 Å². The molecule has 26 heavy (non-hydrogen) atoms. The van der Waals surface area contributed by atoms with Crippen molar-refractivity contribution in [3.05, 3.63) is 64.2 Å². The molecule has 0 saturated carbocycles. The smallest absolute Gasteiger partial charge is 0.282 e. The number of benzene rings is 2. The molecule has 0 atom stereocenters. The summed E-state index contributed by atoms with van der Waals surface area (Å²) in [5.74, 6) is -0.105. The molecule has 0 aliphatic carbocycles. The van der Waals surface area contributed by atoms with Crippen LogP contribution in [-0.2, 0) is 4.79 Å². The number of ketones is 1. The van der Waals surface area contributed by atoms with E-state index < -0.39 is 16.2 Å². The number of carbonyl (C=O) groups is 2. The van der Waals surface area contributed by atoms with E-state index in [2.05, 4.69) is 5.32 Å². The summed E-state index contributed by atoms with van der Waals surface area (Å²) in [5.41, 5.74) is -0.292. The first-order valence-electron chi connectivity index (χ1n) is 7.99. The fourth-order valence-electron chi connectivity index (χ4n) is 2.02. The lowest BCUT2D eigenvalue weighted by atomic mass is 9.91. The van der Waals surface area contributed by atoms with Gasteiger partial charge in [0.25, 0.3) is 11.6 Å². The van der Waals surface area contributed by atoms with E-state index in [4.69, 9.17) is 4.74 Å².